The topological polar surface area (TPSA) is 54.2 Å². The zero-order chi connectivity index (χ0) is 17.6. The van der Waals surface area contributed by atoms with Gasteiger partial charge in [-0.15, -0.1) is 0 Å². The van der Waals surface area contributed by atoms with Gasteiger partial charge in [0.1, 0.15) is 12.4 Å². The summed E-state index contributed by atoms with van der Waals surface area (Å²) in [6.45, 7) is 3.31. The van der Waals surface area contributed by atoms with Gasteiger partial charge in [0.05, 0.1) is 0 Å². The largest absolute Gasteiger partial charge is 0.357 e. The third kappa shape index (κ3) is 8.26. The summed E-state index contributed by atoms with van der Waals surface area (Å²) in [6.07, 6.45) is 11.4. The van der Waals surface area contributed by atoms with Gasteiger partial charge in [0.15, 0.2) is 5.96 Å². The minimum atomic E-state index is -2.58. The van der Waals surface area contributed by atoms with Crippen molar-refractivity contribution in [3.8, 4) is 0 Å². The molecule has 7 heteroatoms. The van der Waals surface area contributed by atoms with E-state index in [0.29, 0.717) is 5.96 Å². The van der Waals surface area contributed by atoms with Crippen LogP contribution in [0.3, 0.4) is 0 Å². The average molecular weight is 343 g/mol. The molecule has 0 fully saturated rings. The molecule has 5 nitrogen and oxygen atoms in total. The minimum Gasteiger partial charge on any atom is -0.357 e. The molecule has 0 aliphatic rings. The van der Waals surface area contributed by atoms with Crippen LogP contribution in [0.4, 0.5) is 8.78 Å². The van der Waals surface area contributed by atoms with E-state index in [1.54, 1.807) is 0 Å². The summed E-state index contributed by atoms with van der Waals surface area (Å²) in [5.41, 5.74) is 0. The standard InChI is InChI=1S/C17H31F2N5/c1-3-5-6-7-8-9-10-11-22-17(20-4-2)23-14-15-21-12-13-24(15)16(18)19/h12-13,16H,3-11,14H2,1-2H3,(H2,20,22,23). The molecule has 1 aromatic rings. The summed E-state index contributed by atoms with van der Waals surface area (Å²) in [5.74, 6) is 0.908. The molecule has 0 aliphatic carbocycles. The number of aliphatic imine (C=N–C) groups is 1. The normalized spacial score (nSPS) is 12.0. The molecular weight excluding hydrogens is 312 g/mol. The number of halogens is 2. The lowest BCUT2D eigenvalue weighted by Crippen LogP contribution is -2.37. The van der Waals surface area contributed by atoms with E-state index in [-0.39, 0.29) is 12.4 Å². The lowest BCUT2D eigenvalue weighted by atomic mass is 10.1. The Morgan fingerprint density at radius 3 is 2.50 bits per heavy atom. The van der Waals surface area contributed by atoms with E-state index in [9.17, 15) is 8.78 Å². The van der Waals surface area contributed by atoms with Crippen molar-refractivity contribution in [2.75, 3.05) is 13.1 Å². The maximum atomic E-state index is 12.8. The molecule has 1 rings (SSSR count). The van der Waals surface area contributed by atoms with Crippen molar-refractivity contribution in [3.63, 3.8) is 0 Å². The van der Waals surface area contributed by atoms with Crippen molar-refractivity contribution in [2.45, 2.75) is 71.9 Å². The molecule has 0 radical (unpaired) electrons. The van der Waals surface area contributed by atoms with Crippen molar-refractivity contribution < 1.29 is 8.78 Å². The van der Waals surface area contributed by atoms with E-state index in [2.05, 4.69) is 27.5 Å². The molecule has 0 amide bonds. The first-order chi connectivity index (χ1) is 11.7. The fourth-order valence-electron chi connectivity index (χ4n) is 2.42. The highest BCUT2D eigenvalue weighted by molar-refractivity contribution is 5.79. The molecule has 0 aromatic carbocycles. The Hall–Kier alpha value is -1.66. The Bertz CT molecular complexity index is 460. The number of hydrogen-bond donors (Lipinski definition) is 2. The molecule has 0 unspecified atom stereocenters. The second-order valence-electron chi connectivity index (χ2n) is 5.77. The van der Waals surface area contributed by atoms with Gasteiger partial charge in [0.2, 0.25) is 0 Å². The first kappa shape index (κ1) is 20.4. The van der Waals surface area contributed by atoms with Gasteiger partial charge < -0.3 is 10.6 Å². The van der Waals surface area contributed by atoms with Gasteiger partial charge in [-0.2, -0.15) is 8.78 Å². The van der Waals surface area contributed by atoms with Gasteiger partial charge in [-0.25, -0.2) is 9.98 Å². The predicted octanol–water partition coefficient (Wildman–Crippen LogP) is 4.08. The molecule has 0 aliphatic heterocycles. The zero-order valence-corrected chi connectivity index (χ0v) is 14.9. The third-order valence-corrected chi connectivity index (χ3v) is 3.75. The lowest BCUT2D eigenvalue weighted by molar-refractivity contribution is 0.0671. The first-order valence-electron chi connectivity index (χ1n) is 9.01. The zero-order valence-electron chi connectivity index (χ0n) is 14.9. The third-order valence-electron chi connectivity index (χ3n) is 3.75. The average Bonchev–Trinajstić information content (AvgIpc) is 3.03. The first-order valence-corrected chi connectivity index (χ1v) is 9.01. The van der Waals surface area contributed by atoms with Gasteiger partial charge in [-0.3, -0.25) is 4.57 Å². The van der Waals surface area contributed by atoms with Gasteiger partial charge in [0.25, 0.3) is 0 Å². The van der Waals surface area contributed by atoms with Crippen LogP contribution in [0.2, 0.25) is 0 Å². The number of imidazole rings is 1. The van der Waals surface area contributed by atoms with Crippen LogP contribution >= 0.6 is 0 Å². The Morgan fingerprint density at radius 1 is 1.12 bits per heavy atom. The van der Waals surface area contributed by atoms with Gasteiger partial charge in [-0.05, 0) is 13.3 Å². The highest BCUT2D eigenvalue weighted by Gasteiger charge is 2.10. The number of guanidine groups is 1. The molecule has 1 aromatic heterocycles. The number of unbranched alkanes of at least 4 members (excludes halogenated alkanes) is 6. The van der Waals surface area contributed by atoms with Gasteiger partial charge >= 0.3 is 6.55 Å². The maximum Gasteiger partial charge on any atom is 0.319 e. The molecule has 0 atom stereocenters. The Morgan fingerprint density at radius 2 is 1.83 bits per heavy atom. The van der Waals surface area contributed by atoms with Crippen LogP contribution in [-0.2, 0) is 6.54 Å². The summed E-state index contributed by atoms with van der Waals surface area (Å²) in [4.78, 5) is 8.27. The highest BCUT2D eigenvalue weighted by atomic mass is 19.3. The SMILES string of the molecule is CCCCCCCCCNC(=NCc1nccn1C(F)F)NCC. The van der Waals surface area contributed by atoms with Crippen LogP contribution in [0.1, 0.15) is 71.2 Å². The second kappa shape index (κ2) is 12.7. The van der Waals surface area contributed by atoms with Crippen molar-refractivity contribution in [2.24, 2.45) is 4.99 Å². The van der Waals surface area contributed by atoms with Crippen LogP contribution in [0.25, 0.3) is 0 Å². The molecule has 0 bridgehead atoms. The number of nitrogens with zero attached hydrogens (tertiary/aromatic N) is 3. The van der Waals surface area contributed by atoms with E-state index < -0.39 is 6.55 Å². The highest BCUT2D eigenvalue weighted by Crippen LogP contribution is 2.12. The monoisotopic (exact) mass is 343 g/mol. The molecular formula is C17H31F2N5. The Labute approximate surface area is 144 Å². The summed E-state index contributed by atoms with van der Waals surface area (Å²) < 4.78 is 26.4. The van der Waals surface area contributed by atoms with Crippen molar-refractivity contribution in [1.82, 2.24) is 20.2 Å². The fraction of sp³-hybridized carbons (Fsp3) is 0.765. The Balaban J connectivity index is 2.31. The van der Waals surface area contributed by atoms with E-state index in [4.69, 9.17) is 0 Å². The molecule has 0 spiro atoms. The van der Waals surface area contributed by atoms with E-state index in [1.807, 2.05) is 6.92 Å². The summed E-state index contributed by atoms with van der Waals surface area (Å²) in [5, 5.41) is 6.38. The quantitative estimate of drug-likeness (QED) is 0.341. The van der Waals surface area contributed by atoms with Gasteiger partial charge in [-0.1, -0.05) is 45.4 Å². The Kier molecular flexibility index (Phi) is 10.8. The summed E-state index contributed by atoms with van der Waals surface area (Å²) >= 11 is 0. The lowest BCUT2D eigenvalue weighted by Gasteiger charge is -2.11. The molecule has 2 N–H and O–H groups in total. The molecule has 1 heterocycles. The van der Waals surface area contributed by atoms with Crippen LogP contribution in [-0.4, -0.2) is 28.6 Å². The second-order valence-corrected chi connectivity index (χ2v) is 5.77. The fourth-order valence-corrected chi connectivity index (χ4v) is 2.42. The van der Waals surface area contributed by atoms with Crippen molar-refractivity contribution in [1.29, 1.82) is 0 Å². The van der Waals surface area contributed by atoms with Crippen LogP contribution < -0.4 is 10.6 Å². The van der Waals surface area contributed by atoms with Gasteiger partial charge in [0, 0.05) is 25.5 Å². The predicted molar refractivity (Wildman–Crippen MR) is 94.3 cm³/mol. The number of nitrogens with one attached hydrogen (secondary N) is 2. The van der Waals surface area contributed by atoms with Crippen LogP contribution in [0.5, 0.6) is 0 Å². The van der Waals surface area contributed by atoms with Crippen LogP contribution in [0.15, 0.2) is 17.4 Å². The van der Waals surface area contributed by atoms with E-state index in [0.717, 1.165) is 24.1 Å². The minimum absolute atomic E-state index is 0.129. The summed E-state index contributed by atoms with van der Waals surface area (Å²) in [7, 11) is 0. The van der Waals surface area contributed by atoms with E-state index >= 15 is 0 Å². The number of aromatic nitrogens is 2. The molecule has 138 valence electrons. The van der Waals surface area contributed by atoms with Crippen molar-refractivity contribution in [3.05, 3.63) is 18.2 Å². The molecule has 0 saturated heterocycles. The molecule has 0 saturated carbocycles. The maximum absolute atomic E-state index is 12.8. The number of hydrogen-bond acceptors (Lipinski definition) is 2. The van der Waals surface area contributed by atoms with Crippen molar-refractivity contribution >= 4 is 5.96 Å². The molecule has 24 heavy (non-hydrogen) atoms. The number of rotatable bonds is 12. The van der Waals surface area contributed by atoms with E-state index in [1.165, 1.54) is 50.9 Å². The number of alkyl halides is 2. The summed E-state index contributed by atoms with van der Waals surface area (Å²) in [6, 6.07) is 0. The smallest absolute Gasteiger partial charge is 0.319 e. The van der Waals surface area contributed by atoms with Crippen LogP contribution in [0, 0.1) is 0 Å².